The van der Waals surface area contributed by atoms with Crippen molar-refractivity contribution < 1.29 is 14.0 Å². The average Bonchev–Trinajstić information content (AvgIpc) is 3.54. The first-order valence-corrected chi connectivity index (χ1v) is 11.4. The van der Waals surface area contributed by atoms with E-state index in [4.69, 9.17) is 4.42 Å². The summed E-state index contributed by atoms with van der Waals surface area (Å²) in [4.78, 5) is 30.2. The number of rotatable bonds is 5. The quantitative estimate of drug-likeness (QED) is 0.317. The number of aromatic nitrogens is 1. The maximum absolute atomic E-state index is 12.8. The van der Waals surface area contributed by atoms with Crippen LogP contribution in [0.3, 0.4) is 0 Å². The van der Waals surface area contributed by atoms with Crippen LogP contribution < -0.4 is 10.6 Å². The van der Waals surface area contributed by atoms with E-state index in [0.717, 1.165) is 26.4 Å². The van der Waals surface area contributed by atoms with Crippen molar-refractivity contribution in [3.8, 4) is 10.6 Å². The first kappa shape index (κ1) is 20.2. The number of carbonyl (C=O) groups excluding carboxylic acids is 2. The number of thiazole rings is 1. The Bertz CT molecular complexity index is 1380. The van der Waals surface area contributed by atoms with Gasteiger partial charge in [-0.2, -0.15) is 0 Å². The Morgan fingerprint density at radius 3 is 2.47 bits per heavy atom. The number of nitrogens with one attached hydrogen (secondary N) is 2. The average molecular weight is 460 g/mol. The van der Waals surface area contributed by atoms with E-state index >= 15 is 0 Å². The normalized spacial score (nSPS) is 10.9. The van der Waals surface area contributed by atoms with Crippen molar-refractivity contribution in [1.29, 1.82) is 0 Å². The van der Waals surface area contributed by atoms with Gasteiger partial charge in [0.25, 0.3) is 11.8 Å². The Kier molecular flexibility index (Phi) is 5.30. The number of fused-ring (bicyclic) bond motifs is 1. The third-order valence-corrected chi connectivity index (χ3v) is 7.03. The molecule has 5 rings (SSSR count). The monoisotopic (exact) mass is 459 g/mol. The van der Waals surface area contributed by atoms with E-state index in [1.54, 1.807) is 29.5 Å². The van der Waals surface area contributed by atoms with Gasteiger partial charge in [-0.25, -0.2) is 4.98 Å². The standard InChI is InChI=1S/C24H17N3O3S2/c1-14-13-20(27-22(28)18-6-4-12-30-18)32-21(14)23(29)25-16-10-8-15(9-11-16)24-26-17-5-2-3-7-19(17)31-24/h2-13H,1H3,(H,25,29)(H,27,28). The molecule has 0 aliphatic carbocycles. The van der Waals surface area contributed by atoms with Crippen LogP contribution in [0, 0.1) is 6.92 Å². The molecule has 0 saturated carbocycles. The number of furan rings is 1. The van der Waals surface area contributed by atoms with Gasteiger partial charge in [0.1, 0.15) is 5.01 Å². The lowest BCUT2D eigenvalue weighted by atomic mass is 10.2. The molecule has 0 spiro atoms. The van der Waals surface area contributed by atoms with Crippen LogP contribution in [-0.2, 0) is 0 Å². The third kappa shape index (κ3) is 4.05. The second-order valence-corrected chi connectivity index (χ2v) is 9.16. The minimum atomic E-state index is -0.353. The fourth-order valence-corrected chi connectivity index (χ4v) is 5.16. The lowest BCUT2D eigenvalue weighted by Crippen LogP contribution is -2.11. The summed E-state index contributed by atoms with van der Waals surface area (Å²) in [6.07, 6.45) is 1.44. The molecule has 2 aromatic carbocycles. The number of anilines is 2. The third-order valence-electron chi connectivity index (χ3n) is 4.79. The summed E-state index contributed by atoms with van der Waals surface area (Å²) in [5.74, 6) is -0.359. The highest BCUT2D eigenvalue weighted by Crippen LogP contribution is 2.31. The minimum absolute atomic E-state index is 0.218. The van der Waals surface area contributed by atoms with Crippen LogP contribution in [0.5, 0.6) is 0 Å². The summed E-state index contributed by atoms with van der Waals surface area (Å²) in [5.41, 5.74) is 3.45. The van der Waals surface area contributed by atoms with E-state index in [-0.39, 0.29) is 17.6 Å². The number of nitrogens with zero attached hydrogens (tertiary/aromatic N) is 1. The molecule has 3 heterocycles. The second-order valence-electron chi connectivity index (χ2n) is 7.07. The second kappa shape index (κ2) is 8.41. The molecule has 6 nitrogen and oxygen atoms in total. The summed E-state index contributed by atoms with van der Waals surface area (Å²) in [5, 5.41) is 7.21. The predicted octanol–water partition coefficient (Wildman–Crippen LogP) is 6.43. The van der Waals surface area contributed by atoms with E-state index < -0.39 is 0 Å². The number of hydrogen-bond donors (Lipinski definition) is 2. The fraction of sp³-hybridized carbons (Fsp3) is 0.0417. The number of para-hydroxylation sites is 1. The molecular weight excluding hydrogens is 442 g/mol. The van der Waals surface area contributed by atoms with E-state index in [1.165, 1.54) is 17.6 Å². The van der Waals surface area contributed by atoms with Crippen molar-refractivity contribution in [2.24, 2.45) is 0 Å². The zero-order valence-electron chi connectivity index (χ0n) is 16.9. The Hall–Kier alpha value is -3.75. The van der Waals surface area contributed by atoms with Gasteiger partial charge in [-0.05, 0) is 67.1 Å². The van der Waals surface area contributed by atoms with Gasteiger partial charge in [-0.1, -0.05) is 12.1 Å². The first-order valence-electron chi connectivity index (χ1n) is 9.79. The molecule has 0 aliphatic heterocycles. The van der Waals surface area contributed by atoms with Gasteiger partial charge in [0.05, 0.1) is 26.4 Å². The van der Waals surface area contributed by atoms with E-state index in [0.29, 0.717) is 15.6 Å². The summed E-state index contributed by atoms with van der Waals surface area (Å²) >= 11 is 2.86. The van der Waals surface area contributed by atoms with E-state index in [1.807, 2.05) is 49.4 Å². The molecule has 158 valence electrons. The molecule has 2 amide bonds. The van der Waals surface area contributed by atoms with Crippen LogP contribution >= 0.6 is 22.7 Å². The Morgan fingerprint density at radius 2 is 1.72 bits per heavy atom. The van der Waals surface area contributed by atoms with Crippen LogP contribution in [0.1, 0.15) is 25.8 Å². The maximum atomic E-state index is 12.8. The number of benzene rings is 2. The van der Waals surface area contributed by atoms with Gasteiger partial charge in [0.2, 0.25) is 0 Å². The van der Waals surface area contributed by atoms with Crippen LogP contribution in [-0.4, -0.2) is 16.8 Å². The molecule has 0 unspecified atom stereocenters. The van der Waals surface area contributed by atoms with Crippen molar-refractivity contribution in [3.63, 3.8) is 0 Å². The number of hydrogen-bond acceptors (Lipinski definition) is 6. The minimum Gasteiger partial charge on any atom is -0.459 e. The molecular formula is C24H17N3O3S2. The lowest BCUT2D eigenvalue weighted by Gasteiger charge is -2.05. The highest BCUT2D eigenvalue weighted by atomic mass is 32.1. The molecule has 2 N–H and O–H groups in total. The first-order chi connectivity index (χ1) is 15.6. The molecule has 0 radical (unpaired) electrons. The van der Waals surface area contributed by atoms with Crippen LogP contribution in [0.25, 0.3) is 20.8 Å². The van der Waals surface area contributed by atoms with Gasteiger partial charge < -0.3 is 15.1 Å². The molecule has 0 aliphatic rings. The number of amides is 2. The Morgan fingerprint density at radius 1 is 0.906 bits per heavy atom. The smallest absolute Gasteiger partial charge is 0.291 e. The molecule has 0 fully saturated rings. The van der Waals surface area contributed by atoms with Crippen molar-refractivity contribution in [3.05, 3.63) is 89.2 Å². The molecule has 8 heteroatoms. The van der Waals surface area contributed by atoms with E-state index in [9.17, 15) is 9.59 Å². The van der Waals surface area contributed by atoms with Gasteiger partial charge in [-0.3, -0.25) is 9.59 Å². The van der Waals surface area contributed by atoms with Crippen LogP contribution in [0.2, 0.25) is 0 Å². The molecule has 32 heavy (non-hydrogen) atoms. The highest BCUT2D eigenvalue weighted by molar-refractivity contribution is 7.21. The summed E-state index contributed by atoms with van der Waals surface area (Å²) in [6.45, 7) is 1.84. The SMILES string of the molecule is Cc1cc(NC(=O)c2ccco2)sc1C(=O)Nc1ccc(-c2nc3ccccc3s2)cc1. The molecule has 0 saturated heterocycles. The number of carbonyl (C=O) groups is 2. The Labute approximate surface area is 191 Å². The zero-order chi connectivity index (χ0) is 22.1. The Balaban J connectivity index is 1.28. The lowest BCUT2D eigenvalue weighted by molar-refractivity contribution is 0.0995. The molecule has 0 bridgehead atoms. The topological polar surface area (TPSA) is 84.2 Å². The maximum Gasteiger partial charge on any atom is 0.291 e. The zero-order valence-corrected chi connectivity index (χ0v) is 18.5. The summed E-state index contributed by atoms with van der Waals surface area (Å²) < 4.78 is 6.24. The summed E-state index contributed by atoms with van der Waals surface area (Å²) in [6, 6.07) is 20.7. The van der Waals surface area contributed by atoms with Crippen molar-refractivity contribution in [2.45, 2.75) is 6.92 Å². The highest BCUT2D eigenvalue weighted by Gasteiger charge is 2.17. The van der Waals surface area contributed by atoms with Gasteiger partial charge in [0.15, 0.2) is 5.76 Å². The van der Waals surface area contributed by atoms with Crippen molar-refractivity contribution in [2.75, 3.05) is 10.6 Å². The van der Waals surface area contributed by atoms with Crippen LogP contribution in [0.4, 0.5) is 10.7 Å². The predicted molar refractivity (Wildman–Crippen MR) is 129 cm³/mol. The van der Waals surface area contributed by atoms with Crippen molar-refractivity contribution in [1.82, 2.24) is 4.98 Å². The van der Waals surface area contributed by atoms with E-state index in [2.05, 4.69) is 21.7 Å². The van der Waals surface area contributed by atoms with Gasteiger partial charge >= 0.3 is 0 Å². The molecule has 3 aromatic heterocycles. The number of aryl methyl sites for hydroxylation is 1. The molecule has 0 atom stereocenters. The molecule has 5 aromatic rings. The van der Waals surface area contributed by atoms with Gasteiger partial charge in [0, 0.05) is 11.3 Å². The largest absolute Gasteiger partial charge is 0.459 e. The summed E-state index contributed by atoms with van der Waals surface area (Å²) in [7, 11) is 0. The number of thiophene rings is 1. The van der Waals surface area contributed by atoms with Crippen molar-refractivity contribution >= 4 is 55.4 Å². The van der Waals surface area contributed by atoms with Crippen LogP contribution in [0.15, 0.2) is 77.4 Å². The fourth-order valence-electron chi connectivity index (χ4n) is 3.23. The van der Waals surface area contributed by atoms with Gasteiger partial charge in [-0.15, -0.1) is 22.7 Å².